The van der Waals surface area contributed by atoms with Gasteiger partial charge in [-0.05, 0) is 13.0 Å². The van der Waals surface area contributed by atoms with Crippen molar-refractivity contribution < 1.29 is 14.3 Å². The molecule has 0 radical (unpaired) electrons. The maximum atomic E-state index is 11.2. The molecule has 5 nitrogen and oxygen atoms in total. The first-order chi connectivity index (χ1) is 8.31. The molecule has 1 aromatic carbocycles. The third kappa shape index (κ3) is 2.88. The van der Waals surface area contributed by atoms with Crippen LogP contribution >= 0.6 is 0 Å². The van der Waals surface area contributed by atoms with Crippen LogP contribution in [0.4, 0.5) is 0 Å². The summed E-state index contributed by atoms with van der Waals surface area (Å²) in [6.07, 6.45) is 0. The first-order valence-corrected chi connectivity index (χ1v) is 5.66. The number of ether oxygens (including phenoxy) is 2. The van der Waals surface area contributed by atoms with Crippen LogP contribution in [0, 0.1) is 0 Å². The van der Waals surface area contributed by atoms with Crippen LogP contribution in [0.5, 0.6) is 11.5 Å². The van der Waals surface area contributed by atoms with Crippen LogP contribution < -0.4 is 20.1 Å². The van der Waals surface area contributed by atoms with Crippen LogP contribution in [0.25, 0.3) is 0 Å². The zero-order valence-electron chi connectivity index (χ0n) is 9.79. The minimum Gasteiger partial charge on any atom is -0.454 e. The molecule has 1 aromatic rings. The third-order valence-electron chi connectivity index (χ3n) is 2.45. The maximum absolute atomic E-state index is 11.2. The van der Waals surface area contributed by atoms with Crippen molar-refractivity contribution in [3.8, 4) is 11.5 Å². The number of rotatable bonds is 5. The molecule has 1 heterocycles. The highest BCUT2D eigenvalue weighted by molar-refractivity contribution is 5.77. The molecule has 0 aliphatic carbocycles. The van der Waals surface area contributed by atoms with E-state index in [1.165, 1.54) is 0 Å². The molecule has 0 bridgehead atoms. The smallest absolute Gasteiger partial charge is 0.233 e. The number of carbonyl (C=O) groups excluding carboxylic acids is 1. The minimum absolute atomic E-state index is 0.00255. The van der Waals surface area contributed by atoms with Gasteiger partial charge in [0.15, 0.2) is 11.5 Å². The summed E-state index contributed by atoms with van der Waals surface area (Å²) in [5, 5.41) is 5.80. The average molecular weight is 236 g/mol. The molecule has 92 valence electrons. The molecule has 0 atom stereocenters. The van der Waals surface area contributed by atoms with Crippen molar-refractivity contribution in [2.45, 2.75) is 13.5 Å². The molecule has 0 fully saturated rings. The van der Waals surface area contributed by atoms with E-state index in [1.807, 2.05) is 25.1 Å². The fraction of sp³-hybridized carbons (Fsp3) is 0.417. The van der Waals surface area contributed by atoms with E-state index >= 15 is 0 Å². The normalized spacial score (nSPS) is 12.5. The number of hydrogen-bond donors (Lipinski definition) is 2. The summed E-state index contributed by atoms with van der Waals surface area (Å²) < 4.78 is 10.6. The van der Waals surface area contributed by atoms with E-state index in [1.54, 1.807) is 0 Å². The molecule has 1 aliphatic heterocycles. The first kappa shape index (κ1) is 11.7. The quantitative estimate of drug-likeness (QED) is 0.787. The van der Waals surface area contributed by atoms with Crippen LogP contribution in [0.1, 0.15) is 12.5 Å². The summed E-state index contributed by atoms with van der Waals surface area (Å²) in [4.78, 5) is 11.2. The fourth-order valence-electron chi connectivity index (χ4n) is 1.70. The summed E-state index contributed by atoms with van der Waals surface area (Å²) in [6, 6.07) is 5.74. The number of nitrogens with one attached hydrogen (secondary N) is 2. The Morgan fingerprint density at radius 1 is 1.41 bits per heavy atom. The highest BCUT2D eigenvalue weighted by atomic mass is 16.7. The Balaban J connectivity index is 1.87. The summed E-state index contributed by atoms with van der Waals surface area (Å²) >= 11 is 0. The Morgan fingerprint density at radius 2 is 2.29 bits per heavy atom. The van der Waals surface area contributed by atoms with Gasteiger partial charge in [0.05, 0.1) is 6.54 Å². The second-order valence-corrected chi connectivity index (χ2v) is 3.71. The summed E-state index contributed by atoms with van der Waals surface area (Å²) in [5.74, 6) is 1.54. The lowest BCUT2D eigenvalue weighted by atomic mass is 10.2. The van der Waals surface area contributed by atoms with E-state index in [9.17, 15) is 4.79 Å². The number of para-hydroxylation sites is 1. The molecule has 17 heavy (non-hydrogen) atoms. The highest BCUT2D eigenvalue weighted by Gasteiger charge is 2.16. The lowest BCUT2D eigenvalue weighted by Crippen LogP contribution is -2.33. The third-order valence-corrected chi connectivity index (χ3v) is 2.45. The van der Waals surface area contributed by atoms with Crippen LogP contribution in [0.15, 0.2) is 18.2 Å². The second-order valence-electron chi connectivity index (χ2n) is 3.71. The number of likely N-dealkylation sites (N-methyl/N-ethyl adjacent to an activating group) is 1. The van der Waals surface area contributed by atoms with E-state index in [4.69, 9.17) is 9.47 Å². The molecule has 5 heteroatoms. The standard InChI is InChI=1S/C12H16N2O3/c1-2-14-11(15)7-13-6-9-4-3-5-10-12(9)17-8-16-10/h3-5,13H,2,6-8H2,1H3,(H,14,15). The Kier molecular flexibility index (Phi) is 3.82. The average Bonchev–Trinajstić information content (AvgIpc) is 2.78. The number of amides is 1. The maximum Gasteiger partial charge on any atom is 0.233 e. The Hall–Kier alpha value is -1.75. The number of fused-ring (bicyclic) bond motifs is 1. The van der Waals surface area contributed by atoms with Crippen molar-refractivity contribution in [1.82, 2.24) is 10.6 Å². The molecule has 2 N–H and O–H groups in total. The van der Waals surface area contributed by atoms with Gasteiger partial charge in [-0.2, -0.15) is 0 Å². The van der Waals surface area contributed by atoms with Crippen molar-refractivity contribution in [2.75, 3.05) is 19.9 Å². The van der Waals surface area contributed by atoms with Crippen molar-refractivity contribution >= 4 is 5.91 Å². The van der Waals surface area contributed by atoms with Crippen LogP contribution in [-0.2, 0) is 11.3 Å². The van der Waals surface area contributed by atoms with E-state index in [0.717, 1.165) is 17.1 Å². The van der Waals surface area contributed by atoms with Crippen LogP contribution in [0.2, 0.25) is 0 Å². The largest absolute Gasteiger partial charge is 0.454 e. The Bertz CT molecular complexity index is 407. The summed E-state index contributed by atoms with van der Waals surface area (Å²) in [5.41, 5.74) is 1.00. The lowest BCUT2D eigenvalue weighted by Gasteiger charge is -2.07. The minimum atomic E-state index is -0.00255. The molecule has 0 unspecified atom stereocenters. The predicted octanol–water partition coefficient (Wildman–Crippen LogP) is 0.641. The monoisotopic (exact) mass is 236 g/mol. The molecular formula is C12H16N2O3. The van der Waals surface area contributed by atoms with Gasteiger partial charge in [-0.1, -0.05) is 12.1 Å². The number of hydrogen-bond acceptors (Lipinski definition) is 4. The molecule has 2 rings (SSSR count). The number of benzene rings is 1. The molecule has 0 spiro atoms. The molecule has 0 saturated heterocycles. The van der Waals surface area contributed by atoms with E-state index in [2.05, 4.69) is 10.6 Å². The van der Waals surface area contributed by atoms with Gasteiger partial charge in [0.1, 0.15) is 0 Å². The Morgan fingerprint density at radius 3 is 3.12 bits per heavy atom. The van der Waals surface area contributed by atoms with Gasteiger partial charge in [0, 0.05) is 18.7 Å². The zero-order chi connectivity index (χ0) is 12.1. The Labute approximate surface area is 100 Å². The van der Waals surface area contributed by atoms with Crippen molar-refractivity contribution in [3.05, 3.63) is 23.8 Å². The van der Waals surface area contributed by atoms with Gasteiger partial charge < -0.3 is 20.1 Å². The van der Waals surface area contributed by atoms with Crippen LogP contribution in [-0.4, -0.2) is 25.8 Å². The van der Waals surface area contributed by atoms with Crippen LogP contribution in [0.3, 0.4) is 0 Å². The highest BCUT2D eigenvalue weighted by Crippen LogP contribution is 2.34. The van der Waals surface area contributed by atoms with Gasteiger partial charge in [-0.15, -0.1) is 0 Å². The number of carbonyl (C=O) groups is 1. The summed E-state index contributed by atoms with van der Waals surface area (Å²) in [7, 11) is 0. The predicted molar refractivity (Wildman–Crippen MR) is 63.0 cm³/mol. The molecule has 0 aromatic heterocycles. The molecule has 0 saturated carbocycles. The van der Waals surface area contributed by atoms with Gasteiger partial charge in [0.25, 0.3) is 0 Å². The fourth-order valence-corrected chi connectivity index (χ4v) is 1.70. The lowest BCUT2D eigenvalue weighted by molar-refractivity contribution is -0.120. The molecule has 1 aliphatic rings. The zero-order valence-corrected chi connectivity index (χ0v) is 9.79. The van der Waals surface area contributed by atoms with E-state index < -0.39 is 0 Å². The van der Waals surface area contributed by atoms with Crippen molar-refractivity contribution in [3.63, 3.8) is 0 Å². The van der Waals surface area contributed by atoms with E-state index in [-0.39, 0.29) is 12.7 Å². The topological polar surface area (TPSA) is 59.6 Å². The van der Waals surface area contributed by atoms with Gasteiger partial charge in [-0.25, -0.2) is 0 Å². The second kappa shape index (κ2) is 5.54. The van der Waals surface area contributed by atoms with Gasteiger partial charge in [-0.3, -0.25) is 4.79 Å². The first-order valence-electron chi connectivity index (χ1n) is 5.66. The molecular weight excluding hydrogens is 220 g/mol. The SMILES string of the molecule is CCNC(=O)CNCc1cccc2c1OCO2. The van der Waals surface area contributed by atoms with E-state index in [0.29, 0.717) is 19.6 Å². The molecule has 1 amide bonds. The summed E-state index contributed by atoms with van der Waals surface area (Å²) in [6.45, 7) is 3.70. The van der Waals surface area contributed by atoms with Gasteiger partial charge in [0.2, 0.25) is 12.7 Å². The van der Waals surface area contributed by atoms with Crippen molar-refractivity contribution in [1.29, 1.82) is 0 Å². The van der Waals surface area contributed by atoms with Crippen molar-refractivity contribution in [2.24, 2.45) is 0 Å². The van der Waals surface area contributed by atoms with Gasteiger partial charge >= 0.3 is 0 Å².